The molecule has 1 saturated heterocycles. The van der Waals surface area contributed by atoms with Gasteiger partial charge in [-0.25, -0.2) is 9.97 Å². The van der Waals surface area contributed by atoms with Gasteiger partial charge in [0, 0.05) is 22.7 Å². The lowest BCUT2D eigenvalue weighted by atomic mass is 9.92. The second-order valence-corrected chi connectivity index (χ2v) is 10.8. The second-order valence-electron chi connectivity index (χ2n) is 8.35. The summed E-state index contributed by atoms with van der Waals surface area (Å²) in [5, 5.41) is 10.4. The Labute approximate surface area is 218 Å². The van der Waals surface area contributed by atoms with Crippen LogP contribution in [-0.2, 0) is 0 Å². The van der Waals surface area contributed by atoms with Crippen LogP contribution in [0, 0.1) is 12.8 Å². The van der Waals surface area contributed by atoms with E-state index in [0.29, 0.717) is 22.5 Å². The highest BCUT2D eigenvalue weighted by Gasteiger charge is 2.29. The number of ether oxygens (including phenoxy) is 1. The summed E-state index contributed by atoms with van der Waals surface area (Å²) >= 11 is 9.90. The number of rotatable bonds is 8. The highest BCUT2D eigenvalue weighted by atomic mass is 35.5. The zero-order chi connectivity index (χ0) is 24.0. The molecule has 1 unspecified atom stereocenters. The first-order chi connectivity index (χ1) is 17.2. The number of anilines is 2. The van der Waals surface area contributed by atoms with Gasteiger partial charge in [0.15, 0.2) is 16.7 Å². The van der Waals surface area contributed by atoms with Gasteiger partial charge in [0.05, 0.1) is 21.7 Å². The number of para-hydroxylation sites is 1. The number of thioether (sulfide) groups is 1. The molecule has 1 atom stereocenters. The molecular weight excluding hydrogens is 498 g/mol. The molecule has 1 aromatic carbocycles. The number of aryl methyl sites for hydroxylation is 1. The Balaban J connectivity index is 1.47. The third-order valence-electron chi connectivity index (χ3n) is 5.77. The molecule has 4 aromatic rings. The predicted octanol–water partition coefficient (Wildman–Crippen LogP) is 7.26. The highest BCUT2D eigenvalue weighted by Crippen LogP contribution is 2.46. The molecule has 0 radical (unpaired) electrons. The summed E-state index contributed by atoms with van der Waals surface area (Å²) in [5.74, 6) is 2.48. The summed E-state index contributed by atoms with van der Waals surface area (Å²) in [6.45, 7) is 3.98. The Kier molecular flexibility index (Phi) is 7.83. The minimum atomic E-state index is 0.123. The number of piperidine rings is 1. The molecular formula is C26H26ClN5OS2. The molecule has 0 aliphatic carbocycles. The Morgan fingerprint density at radius 2 is 1.97 bits per heavy atom. The van der Waals surface area contributed by atoms with E-state index in [4.69, 9.17) is 21.3 Å². The number of benzene rings is 1. The summed E-state index contributed by atoms with van der Waals surface area (Å²) in [6, 6.07) is 15.6. The number of hydrogen-bond donors (Lipinski definition) is 2. The minimum Gasteiger partial charge on any atom is -0.453 e. The molecule has 1 aliphatic rings. The molecule has 9 heteroatoms. The van der Waals surface area contributed by atoms with Crippen molar-refractivity contribution in [3.8, 4) is 11.5 Å². The minimum absolute atomic E-state index is 0.123. The lowest BCUT2D eigenvalue weighted by molar-refractivity contribution is 0.365. The predicted molar refractivity (Wildman–Crippen MR) is 144 cm³/mol. The Bertz CT molecular complexity index is 1260. The molecule has 0 bridgehead atoms. The van der Waals surface area contributed by atoms with E-state index in [9.17, 15) is 0 Å². The normalized spacial score (nSPS) is 15.0. The van der Waals surface area contributed by atoms with Gasteiger partial charge in [-0.3, -0.25) is 4.98 Å². The van der Waals surface area contributed by atoms with Crippen LogP contribution in [0.2, 0.25) is 5.02 Å². The van der Waals surface area contributed by atoms with E-state index in [-0.39, 0.29) is 5.25 Å². The fourth-order valence-electron chi connectivity index (χ4n) is 4.07. The van der Waals surface area contributed by atoms with Crippen LogP contribution in [0.15, 0.2) is 71.2 Å². The van der Waals surface area contributed by atoms with Gasteiger partial charge in [-0.2, -0.15) is 0 Å². The van der Waals surface area contributed by atoms with E-state index < -0.39 is 0 Å². The molecule has 180 valence electrons. The summed E-state index contributed by atoms with van der Waals surface area (Å²) in [7, 11) is 0. The Hall–Kier alpha value is -2.65. The first-order valence-corrected chi connectivity index (χ1v) is 13.7. The standard InChI is InChI=1S/C26H26ClN5OS2/c1-17-16-34-26(31-17)32-25-22(33-19-6-3-2-4-7-19)14-20(15-30-25)35-24(18-9-12-28-13-10-18)23-21(27)8-5-11-29-23/h2-8,11,14-16,18,24,28H,9-10,12-13H2,1H3,(H,30,31,32). The maximum absolute atomic E-state index is 6.61. The van der Waals surface area contributed by atoms with Gasteiger partial charge in [-0.1, -0.05) is 29.8 Å². The average molecular weight is 524 g/mol. The van der Waals surface area contributed by atoms with Crippen LogP contribution in [0.5, 0.6) is 11.5 Å². The van der Waals surface area contributed by atoms with Crippen LogP contribution >= 0.6 is 34.7 Å². The molecule has 35 heavy (non-hydrogen) atoms. The van der Waals surface area contributed by atoms with Crippen LogP contribution in [0.1, 0.15) is 29.5 Å². The number of aromatic nitrogens is 3. The molecule has 5 rings (SSSR count). The van der Waals surface area contributed by atoms with Gasteiger partial charge in [-0.15, -0.1) is 23.1 Å². The van der Waals surface area contributed by atoms with E-state index in [1.54, 1.807) is 23.1 Å². The lowest BCUT2D eigenvalue weighted by Gasteiger charge is -2.30. The van der Waals surface area contributed by atoms with Gasteiger partial charge in [0.25, 0.3) is 0 Å². The van der Waals surface area contributed by atoms with Crippen molar-refractivity contribution >= 4 is 45.6 Å². The van der Waals surface area contributed by atoms with Gasteiger partial charge in [0.1, 0.15) is 5.75 Å². The smallest absolute Gasteiger partial charge is 0.188 e. The Morgan fingerprint density at radius 3 is 2.71 bits per heavy atom. The maximum atomic E-state index is 6.61. The summed E-state index contributed by atoms with van der Waals surface area (Å²) in [5.41, 5.74) is 1.89. The molecule has 2 N–H and O–H groups in total. The average Bonchev–Trinajstić information content (AvgIpc) is 3.30. The first kappa shape index (κ1) is 24.1. The molecule has 0 amide bonds. The third-order valence-corrected chi connectivity index (χ3v) is 8.33. The number of nitrogens with one attached hydrogen (secondary N) is 2. The number of hydrogen-bond acceptors (Lipinski definition) is 8. The summed E-state index contributed by atoms with van der Waals surface area (Å²) < 4.78 is 6.27. The molecule has 4 heterocycles. The van der Waals surface area contributed by atoms with E-state index in [1.807, 2.05) is 73.2 Å². The van der Waals surface area contributed by atoms with Crippen LogP contribution < -0.4 is 15.4 Å². The SMILES string of the molecule is Cc1csc(Nc2ncc(SC(c3ncccc3Cl)C3CCNCC3)cc2Oc2ccccc2)n1. The maximum Gasteiger partial charge on any atom is 0.188 e. The van der Waals surface area contributed by atoms with E-state index >= 15 is 0 Å². The van der Waals surface area contributed by atoms with Gasteiger partial charge in [-0.05, 0) is 69.1 Å². The molecule has 0 saturated carbocycles. The van der Waals surface area contributed by atoms with Crippen LogP contribution in [0.4, 0.5) is 10.9 Å². The van der Waals surface area contributed by atoms with Crippen LogP contribution in [-0.4, -0.2) is 28.0 Å². The van der Waals surface area contributed by atoms with E-state index in [1.165, 1.54) is 0 Å². The Morgan fingerprint density at radius 1 is 1.14 bits per heavy atom. The second kappa shape index (κ2) is 11.4. The van der Waals surface area contributed by atoms with Crippen molar-refractivity contribution in [3.63, 3.8) is 0 Å². The zero-order valence-corrected chi connectivity index (χ0v) is 21.7. The van der Waals surface area contributed by atoms with Crippen molar-refractivity contribution in [2.45, 2.75) is 29.9 Å². The van der Waals surface area contributed by atoms with Crippen molar-refractivity contribution in [1.29, 1.82) is 0 Å². The highest BCUT2D eigenvalue weighted by molar-refractivity contribution is 7.99. The molecule has 3 aromatic heterocycles. The van der Waals surface area contributed by atoms with Crippen LogP contribution in [0.3, 0.4) is 0 Å². The largest absolute Gasteiger partial charge is 0.453 e. The van der Waals surface area contributed by atoms with Crippen molar-refractivity contribution in [2.75, 3.05) is 18.4 Å². The van der Waals surface area contributed by atoms with Crippen molar-refractivity contribution in [2.24, 2.45) is 5.92 Å². The zero-order valence-electron chi connectivity index (χ0n) is 19.3. The van der Waals surface area contributed by atoms with Gasteiger partial charge >= 0.3 is 0 Å². The summed E-state index contributed by atoms with van der Waals surface area (Å²) in [4.78, 5) is 14.9. The molecule has 6 nitrogen and oxygen atoms in total. The fraction of sp³-hybridized carbons (Fsp3) is 0.269. The number of nitrogens with zero attached hydrogens (tertiary/aromatic N) is 3. The van der Waals surface area contributed by atoms with E-state index in [2.05, 4.69) is 20.6 Å². The van der Waals surface area contributed by atoms with Crippen molar-refractivity contribution in [3.05, 3.63) is 82.7 Å². The molecule has 1 fully saturated rings. The fourth-order valence-corrected chi connectivity index (χ4v) is 6.40. The number of halogens is 1. The topological polar surface area (TPSA) is 72.0 Å². The number of pyridine rings is 2. The van der Waals surface area contributed by atoms with E-state index in [0.717, 1.165) is 53.1 Å². The quantitative estimate of drug-likeness (QED) is 0.235. The lowest BCUT2D eigenvalue weighted by Crippen LogP contribution is -2.30. The molecule has 0 spiro atoms. The van der Waals surface area contributed by atoms with Crippen LogP contribution in [0.25, 0.3) is 0 Å². The first-order valence-electron chi connectivity index (χ1n) is 11.6. The monoisotopic (exact) mass is 523 g/mol. The third kappa shape index (κ3) is 6.13. The summed E-state index contributed by atoms with van der Waals surface area (Å²) in [6.07, 6.45) is 5.86. The molecule has 1 aliphatic heterocycles. The number of thiazole rings is 1. The van der Waals surface area contributed by atoms with Crippen molar-refractivity contribution < 1.29 is 4.74 Å². The van der Waals surface area contributed by atoms with Gasteiger partial charge < -0.3 is 15.4 Å². The van der Waals surface area contributed by atoms with Crippen molar-refractivity contribution in [1.82, 2.24) is 20.3 Å². The van der Waals surface area contributed by atoms with Gasteiger partial charge in [0.2, 0.25) is 0 Å².